The first kappa shape index (κ1) is 26.3. The molecule has 4 rings (SSSR count). The Balaban J connectivity index is 1.28. The highest BCUT2D eigenvalue weighted by molar-refractivity contribution is 7.91. The van der Waals surface area contributed by atoms with Crippen molar-refractivity contribution in [1.82, 2.24) is 19.9 Å². The summed E-state index contributed by atoms with van der Waals surface area (Å²) in [6.07, 6.45) is 5.19. The van der Waals surface area contributed by atoms with Gasteiger partial charge in [0.25, 0.3) is 15.9 Å². The molecule has 1 amide bonds. The molecule has 1 atom stereocenters. The predicted molar refractivity (Wildman–Crippen MR) is 141 cm³/mol. The topological polar surface area (TPSA) is 101 Å². The number of hydrogen-bond acceptors (Lipinski definition) is 7. The van der Waals surface area contributed by atoms with E-state index in [2.05, 4.69) is 15.6 Å². The van der Waals surface area contributed by atoms with E-state index in [1.54, 1.807) is 54.0 Å². The number of aromatic nitrogens is 1. The summed E-state index contributed by atoms with van der Waals surface area (Å²) >= 11 is 1.21. The van der Waals surface area contributed by atoms with Gasteiger partial charge in [0.05, 0.1) is 13.7 Å². The summed E-state index contributed by atoms with van der Waals surface area (Å²) in [5.74, 6) is 0.371. The Morgan fingerprint density at radius 2 is 2.03 bits per heavy atom. The molecule has 1 aliphatic heterocycles. The van der Waals surface area contributed by atoms with Crippen molar-refractivity contribution in [1.29, 1.82) is 0 Å². The van der Waals surface area contributed by atoms with Crippen LogP contribution in [-0.4, -0.2) is 56.4 Å². The third-order valence-corrected chi connectivity index (χ3v) is 9.66. The molecule has 8 nitrogen and oxygen atoms in total. The van der Waals surface area contributed by atoms with E-state index in [1.807, 2.05) is 18.2 Å². The summed E-state index contributed by atoms with van der Waals surface area (Å²) in [6, 6.07) is 16.5. The summed E-state index contributed by atoms with van der Waals surface area (Å²) in [6.45, 7) is 2.09. The molecule has 10 heteroatoms. The van der Waals surface area contributed by atoms with Crippen LogP contribution >= 0.6 is 11.3 Å². The lowest BCUT2D eigenvalue weighted by atomic mass is 10.1. The normalized spacial score (nSPS) is 16.9. The Kier molecular flexibility index (Phi) is 9.08. The van der Waals surface area contributed by atoms with Crippen LogP contribution in [0, 0.1) is 0 Å². The molecule has 1 saturated heterocycles. The average molecular weight is 529 g/mol. The van der Waals surface area contributed by atoms with Crippen LogP contribution in [0.2, 0.25) is 0 Å². The zero-order valence-electron chi connectivity index (χ0n) is 20.4. The molecule has 1 aromatic carbocycles. The molecule has 2 aromatic heterocycles. The highest BCUT2D eigenvalue weighted by atomic mass is 32.2. The lowest BCUT2D eigenvalue weighted by molar-refractivity contribution is 0.0951. The minimum atomic E-state index is -3.57. The average Bonchev–Trinajstić information content (AvgIpc) is 3.26. The van der Waals surface area contributed by atoms with Gasteiger partial charge in [-0.25, -0.2) is 8.42 Å². The lowest BCUT2D eigenvalue weighted by Crippen LogP contribution is -2.34. The molecule has 3 heterocycles. The minimum absolute atomic E-state index is 0.235. The minimum Gasteiger partial charge on any atom is -0.497 e. The van der Waals surface area contributed by atoms with Crippen molar-refractivity contribution in [3.05, 3.63) is 76.9 Å². The summed E-state index contributed by atoms with van der Waals surface area (Å²) < 4.78 is 33.7. The third kappa shape index (κ3) is 6.91. The molecule has 0 aliphatic carbocycles. The van der Waals surface area contributed by atoms with Crippen LogP contribution < -0.4 is 15.4 Å². The van der Waals surface area contributed by atoms with Gasteiger partial charge in [-0.15, -0.1) is 11.3 Å². The summed E-state index contributed by atoms with van der Waals surface area (Å²) in [4.78, 5) is 17.6. The number of hydrogen-bond donors (Lipinski definition) is 2. The van der Waals surface area contributed by atoms with Gasteiger partial charge in [0.2, 0.25) is 0 Å². The number of rotatable bonds is 10. The van der Waals surface area contributed by atoms with E-state index in [9.17, 15) is 13.2 Å². The number of sulfonamides is 1. The maximum Gasteiger partial charge on any atom is 0.252 e. The number of amides is 1. The molecule has 0 bridgehead atoms. The second-order valence-electron chi connectivity index (χ2n) is 8.69. The van der Waals surface area contributed by atoms with Gasteiger partial charge in [-0.2, -0.15) is 4.31 Å². The number of pyridine rings is 1. The van der Waals surface area contributed by atoms with Gasteiger partial charge in [-0.1, -0.05) is 12.1 Å². The Labute approximate surface area is 216 Å². The zero-order chi connectivity index (χ0) is 25.4. The highest BCUT2D eigenvalue weighted by Gasteiger charge is 2.28. The Morgan fingerprint density at radius 3 is 2.83 bits per heavy atom. The summed E-state index contributed by atoms with van der Waals surface area (Å²) in [5.41, 5.74) is 1.54. The van der Waals surface area contributed by atoms with Crippen molar-refractivity contribution in [3.63, 3.8) is 0 Å². The van der Waals surface area contributed by atoms with Crippen LogP contribution in [0.4, 0.5) is 0 Å². The van der Waals surface area contributed by atoms with E-state index in [1.165, 1.54) is 11.3 Å². The Bertz CT molecular complexity index is 1250. The first-order valence-corrected chi connectivity index (χ1v) is 14.4. The van der Waals surface area contributed by atoms with Gasteiger partial charge in [0.1, 0.15) is 9.96 Å². The van der Waals surface area contributed by atoms with E-state index < -0.39 is 10.0 Å². The van der Waals surface area contributed by atoms with Crippen molar-refractivity contribution in [2.75, 3.05) is 26.7 Å². The van der Waals surface area contributed by atoms with Gasteiger partial charge in [-0.3, -0.25) is 9.78 Å². The quantitative estimate of drug-likeness (QED) is 0.418. The molecule has 0 spiro atoms. The smallest absolute Gasteiger partial charge is 0.252 e. The van der Waals surface area contributed by atoms with E-state index in [0.29, 0.717) is 34.7 Å². The van der Waals surface area contributed by atoms with Crippen LogP contribution in [0.5, 0.6) is 5.75 Å². The van der Waals surface area contributed by atoms with Gasteiger partial charge >= 0.3 is 0 Å². The van der Waals surface area contributed by atoms with Gasteiger partial charge in [-0.05, 0) is 61.7 Å². The van der Waals surface area contributed by atoms with Gasteiger partial charge < -0.3 is 15.4 Å². The second-order valence-corrected chi connectivity index (χ2v) is 12.0. The first-order valence-electron chi connectivity index (χ1n) is 12.1. The van der Waals surface area contributed by atoms with Crippen LogP contribution in [0.3, 0.4) is 0 Å². The maximum atomic E-state index is 13.3. The first-order chi connectivity index (χ1) is 17.5. The molecule has 1 aliphatic rings. The zero-order valence-corrected chi connectivity index (χ0v) is 22.0. The lowest BCUT2D eigenvalue weighted by Gasteiger charge is -2.19. The number of nitrogens with one attached hydrogen (secondary N) is 2. The molecule has 192 valence electrons. The van der Waals surface area contributed by atoms with Crippen LogP contribution in [0.25, 0.3) is 0 Å². The fourth-order valence-electron chi connectivity index (χ4n) is 4.22. The molecular weight excluding hydrogens is 496 g/mol. The number of carbonyl (C=O) groups excluding carboxylic acids is 1. The molecule has 1 fully saturated rings. The Morgan fingerprint density at radius 1 is 1.14 bits per heavy atom. The summed E-state index contributed by atoms with van der Waals surface area (Å²) in [5, 5.41) is 6.42. The van der Waals surface area contributed by atoms with Crippen molar-refractivity contribution in [2.45, 2.75) is 42.5 Å². The predicted octanol–water partition coefficient (Wildman–Crippen LogP) is 3.46. The molecule has 36 heavy (non-hydrogen) atoms. The van der Waals surface area contributed by atoms with Crippen molar-refractivity contribution in [3.8, 4) is 5.75 Å². The molecule has 2 N–H and O–H groups in total. The number of carbonyl (C=O) groups is 1. The molecule has 0 saturated carbocycles. The van der Waals surface area contributed by atoms with Crippen LogP contribution in [-0.2, 0) is 23.0 Å². The molecular formula is C26H32N4O4S2. The maximum absolute atomic E-state index is 13.3. The number of methoxy groups -OCH3 is 1. The number of nitrogens with zero attached hydrogens (tertiary/aromatic N) is 2. The monoisotopic (exact) mass is 528 g/mol. The van der Waals surface area contributed by atoms with E-state index >= 15 is 0 Å². The Hall–Kier alpha value is -2.79. The van der Waals surface area contributed by atoms with Gasteiger partial charge in [0, 0.05) is 54.4 Å². The SMILES string of the molecule is COc1cccc(C(=O)NCc2ccc(S(=O)(=O)N3CCCC(NCCc4ccccn4)CC3)s2)c1. The van der Waals surface area contributed by atoms with Crippen molar-refractivity contribution < 1.29 is 17.9 Å². The standard InChI is InChI=1S/C26H32N4O4S2/c1-34-23-9-4-6-20(18-23)26(31)29-19-24-10-11-25(35-24)36(32,33)30-16-5-8-22(13-17-30)28-15-12-21-7-2-3-14-27-21/h2-4,6-7,9-11,14,18,22,28H,5,8,12-13,15-17,19H2,1H3,(H,29,31). The summed E-state index contributed by atoms with van der Waals surface area (Å²) in [7, 11) is -2.02. The molecule has 1 unspecified atom stereocenters. The fraction of sp³-hybridized carbons (Fsp3) is 0.385. The molecule has 0 radical (unpaired) electrons. The second kappa shape index (κ2) is 12.4. The number of ether oxygens (including phenoxy) is 1. The number of thiophene rings is 1. The number of benzene rings is 1. The van der Waals surface area contributed by atoms with Crippen molar-refractivity contribution >= 4 is 27.3 Å². The van der Waals surface area contributed by atoms with Crippen LogP contribution in [0.15, 0.2) is 65.0 Å². The van der Waals surface area contributed by atoms with E-state index in [4.69, 9.17) is 4.74 Å². The van der Waals surface area contributed by atoms with E-state index in [-0.39, 0.29) is 12.5 Å². The van der Waals surface area contributed by atoms with Crippen LogP contribution in [0.1, 0.15) is 40.2 Å². The third-order valence-electron chi connectivity index (χ3n) is 6.21. The van der Waals surface area contributed by atoms with Crippen molar-refractivity contribution in [2.24, 2.45) is 0 Å². The highest BCUT2D eigenvalue weighted by Crippen LogP contribution is 2.27. The largest absolute Gasteiger partial charge is 0.497 e. The fourth-order valence-corrected chi connectivity index (χ4v) is 7.16. The van der Waals surface area contributed by atoms with E-state index in [0.717, 1.165) is 42.8 Å². The van der Waals surface area contributed by atoms with Gasteiger partial charge in [0.15, 0.2) is 0 Å². The molecule has 3 aromatic rings.